The summed E-state index contributed by atoms with van der Waals surface area (Å²) in [6, 6.07) is 5.63. The number of piperidine rings is 1. The number of ether oxygens (including phenoxy) is 1. The molecule has 7 nitrogen and oxygen atoms in total. The zero-order valence-electron chi connectivity index (χ0n) is 17.5. The third-order valence-corrected chi connectivity index (χ3v) is 5.97. The normalized spacial score (nSPS) is 21.9. The van der Waals surface area contributed by atoms with Crippen LogP contribution in [0.2, 0.25) is 0 Å². The number of methoxy groups -OCH3 is 1. The highest BCUT2D eigenvalue weighted by Gasteiger charge is 2.38. The van der Waals surface area contributed by atoms with Crippen molar-refractivity contribution in [2.75, 3.05) is 26.7 Å². The second-order valence-electron chi connectivity index (χ2n) is 8.32. The van der Waals surface area contributed by atoms with Crippen molar-refractivity contribution in [3.63, 3.8) is 0 Å². The van der Waals surface area contributed by atoms with E-state index in [1.165, 1.54) is 44.2 Å². The van der Waals surface area contributed by atoms with Gasteiger partial charge >= 0.3 is 12.1 Å². The van der Waals surface area contributed by atoms with Gasteiger partial charge in [0.05, 0.1) is 18.6 Å². The highest BCUT2D eigenvalue weighted by atomic mass is 19.4. The fourth-order valence-electron chi connectivity index (χ4n) is 4.11. The van der Waals surface area contributed by atoms with E-state index in [0.29, 0.717) is 18.9 Å². The Kier molecular flexibility index (Phi) is 6.23. The lowest BCUT2D eigenvalue weighted by molar-refractivity contribution is -0.148. The summed E-state index contributed by atoms with van der Waals surface area (Å²) in [4.78, 5) is 27.3. The SMILES string of the molecule is COC(=O)[C@@H]1CN(CC2CC2)CC[C@H]1NC(=O)c1cc(-c2ccccc2C(F)(F)F)on1. The van der Waals surface area contributed by atoms with Gasteiger partial charge < -0.3 is 19.5 Å². The minimum atomic E-state index is -4.58. The number of carbonyl (C=O) groups is 2. The lowest BCUT2D eigenvalue weighted by atomic mass is 9.91. The highest BCUT2D eigenvalue weighted by Crippen LogP contribution is 2.37. The van der Waals surface area contributed by atoms with Crippen LogP contribution in [0.15, 0.2) is 34.9 Å². The topological polar surface area (TPSA) is 84.7 Å². The lowest BCUT2D eigenvalue weighted by Gasteiger charge is -2.37. The number of esters is 1. The quantitative estimate of drug-likeness (QED) is 0.678. The van der Waals surface area contributed by atoms with Gasteiger partial charge in [-0.15, -0.1) is 0 Å². The van der Waals surface area contributed by atoms with Crippen molar-refractivity contribution in [1.82, 2.24) is 15.4 Å². The molecule has 1 N–H and O–H groups in total. The third kappa shape index (κ3) is 4.95. The molecule has 2 aromatic rings. The van der Waals surface area contributed by atoms with Gasteiger partial charge in [0.25, 0.3) is 5.91 Å². The number of benzene rings is 1. The second-order valence-corrected chi connectivity index (χ2v) is 8.32. The number of halogens is 3. The van der Waals surface area contributed by atoms with Crippen molar-refractivity contribution < 1.29 is 32.0 Å². The summed E-state index contributed by atoms with van der Waals surface area (Å²) >= 11 is 0. The molecular formula is C22H24F3N3O4. The molecule has 1 amide bonds. The fourth-order valence-corrected chi connectivity index (χ4v) is 4.11. The summed E-state index contributed by atoms with van der Waals surface area (Å²) in [5.74, 6) is -1.04. The fraction of sp³-hybridized carbons (Fsp3) is 0.500. The summed E-state index contributed by atoms with van der Waals surface area (Å²) in [6.45, 7) is 2.15. The average Bonchev–Trinajstić information content (AvgIpc) is 3.44. The van der Waals surface area contributed by atoms with E-state index in [0.717, 1.165) is 19.2 Å². The van der Waals surface area contributed by atoms with Crippen LogP contribution in [-0.2, 0) is 15.7 Å². The maximum Gasteiger partial charge on any atom is 0.417 e. The van der Waals surface area contributed by atoms with Crippen LogP contribution >= 0.6 is 0 Å². The van der Waals surface area contributed by atoms with Crippen molar-refractivity contribution in [3.05, 3.63) is 41.6 Å². The first-order valence-corrected chi connectivity index (χ1v) is 10.5. The molecule has 1 aliphatic carbocycles. The van der Waals surface area contributed by atoms with E-state index in [1.54, 1.807) is 0 Å². The number of nitrogens with one attached hydrogen (secondary N) is 1. The van der Waals surface area contributed by atoms with E-state index in [-0.39, 0.29) is 17.0 Å². The minimum absolute atomic E-state index is 0.152. The van der Waals surface area contributed by atoms with Crippen LogP contribution in [0.5, 0.6) is 0 Å². The number of rotatable bonds is 6. The van der Waals surface area contributed by atoms with E-state index >= 15 is 0 Å². The van der Waals surface area contributed by atoms with Crippen LogP contribution in [-0.4, -0.2) is 54.7 Å². The number of hydrogen-bond donors (Lipinski definition) is 1. The molecule has 1 aromatic heterocycles. The van der Waals surface area contributed by atoms with Gasteiger partial charge in [0.2, 0.25) is 0 Å². The molecule has 1 aliphatic heterocycles. The van der Waals surface area contributed by atoms with Crippen LogP contribution in [0.3, 0.4) is 0 Å². The molecule has 0 bridgehead atoms. The van der Waals surface area contributed by atoms with Gasteiger partial charge in [-0.2, -0.15) is 13.2 Å². The highest BCUT2D eigenvalue weighted by molar-refractivity contribution is 5.93. The van der Waals surface area contributed by atoms with E-state index in [2.05, 4.69) is 15.4 Å². The van der Waals surface area contributed by atoms with Gasteiger partial charge in [-0.05, 0) is 31.2 Å². The number of hydrogen-bond acceptors (Lipinski definition) is 6. The van der Waals surface area contributed by atoms with E-state index in [9.17, 15) is 22.8 Å². The maximum absolute atomic E-state index is 13.3. The Balaban J connectivity index is 1.47. The van der Waals surface area contributed by atoms with Gasteiger partial charge in [-0.1, -0.05) is 23.4 Å². The number of carbonyl (C=O) groups excluding carboxylic acids is 2. The Morgan fingerprint density at radius 3 is 2.69 bits per heavy atom. The Morgan fingerprint density at radius 2 is 2.00 bits per heavy atom. The van der Waals surface area contributed by atoms with Gasteiger partial charge in [-0.3, -0.25) is 9.59 Å². The predicted molar refractivity (Wildman–Crippen MR) is 107 cm³/mol. The van der Waals surface area contributed by atoms with Crippen molar-refractivity contribution in [2.45, 2.75) is 31.5 Å². The first-order valence-electron chi connectivity index (χ1n) is 10.5. The maximum atomic E-state index is 13.3. The molecule has 2 aliphatic rings. The molecule has 1 saturated carbocycles. The standard InChI is InChI=1S/C22H24F3N3O4/c1-31-21(30)15-12-28(11-13-6-7-13)9-8-17(15)26-20(29)18-10-19(32-27-18)14-4-2-3-5-16(14)22(23,24)25/h2-5,10,13,15,17H,6-9,11-12H2,1H3,(H,26,29)/t15-,17-/m1/s1. The summed E-state index contributed by atoms with van der Waals surface area (Å²) in [6.07, 6.45) is -1.62. The molecule has 1 aromatic carbocycles. The molecule has 2 fully saturated rings. The van der Waals surface area contributed by atoms with Crippen LogP contribution in [0, 0.1) is 11.8 Å². The second kappa shape index (κ2) is 8.93. The van der Waals surface area contributed by atoms with Gasteiger partial charge in [0.1, 0.15) is 0 Å². The van der Waals surface area contributed by atoms with Crippen LogP contribution in [0.1, 0.15) is 35.3 Å². The minimum Gasteiger partial charge on any atom is -0.469 e. The van der Waals surface area contributed by atoms with Crippen LogP contribution in [0.4, 0.5) is 13.2 Å². The van der Waals surface area contributed by atoms with Crippen LogP contribution in [0.25, 0.3) is 11.3 Å². The molecule has 10 heteroatoms. The predicted octanol–water partition coefficient (Wildman–Crippen LogP) is 3.36. The Hall–Kier alpha value is -2.88. The largest absolute Gasteiger partial charge is 0.469 e. The molecule has 1 saturated heterocycles. The number of nitrogens with zero attached hydrogens (tertiary/aromatic N) is 2. The molecule has 0 radical (unpaired) electrons. The number of aromatic nitrogens is 1. The molecule has 0 spiro atoms. The van der Waals surface area contributed by atoms with Crippen molar-refractivity contribution >= 4 is 11.9 Å². The zero-order chi connectivity index (χ0) is 22.9. The van der Waals surface area contributed by atoms with Gasteiger partial charge in [0, 0.05) is 37.3 Å². The molecule has 0 unspecified atom stereocenters. The number of amides is 1. The van der Waals surface area contributed by atoms with Gasteiger partial charge in [0.15, 0.2) is 11.5 Å². The zero-order valence-corrected chi connectivity index (χ0v) is 17.5. The first-order chi connectivity index (χ1) is 15.3. The summed E-state index contributed by atoms with van der Waals surface area (Å²) < 4.78 is 49.8. The molecule has 32 heavy (non-hydrogen) atoms. The molecule has 2 heterocycles. The number of alkyl halides is 3. The van der Waals surface area contributed by atoms with Crippen molar-refractivity contribution in [3.8, 4) is 11.3 Å². The van der Waals surface area contributed by atoms with Gasteiger partial charge in [-0.25, -0.2) is 0 Å². The summed E-state index contributed by atoms with van der Waals surface area (Å²) in [7, 11) is 1.31. The first kappa shape index (κ1) is 22.3. The molecule has 172 valence electrons. The third-order valence-electron chi connectivity index (χ3n) is 5.97. The van der Waals surface area contributed by atoms with E-state index in [1.807, 2.05) is 0 Å². The average molecular weight is 451 g/mol. The molecule has 2 atom stereocenters. The Morgan fingerprint density at radius 1 is 1.25 bits per heavy atom. The van der Waals surface area contributed by atoms with Crippen molar-refractivity contribution in [2.24, 2.45) is 11.8 Å². The monoisotopic (exact) mass is 451 g/mol. The number of likely N-dealkylation sites (tertiary alicyclic amines) is 1. The van der Waals surface area contributed by atoms with E-state index in [4.69, 9.17) is 9.26 Å². The summed E-state index contributed by atoms with van der Waals surface area (Å²) in [5, 5.41) is 6.44. The van der Waals surface area contributed by atoms with Crippen LogP contribution < -0.4 is 5.32 Å². The molecular weight excluding hydrogens is 427 g/mol. The van der Waals surface area contributed by atoms with Crippen molar-refractivity contribution in [1.29, 1.82) is 0 Å². The Bertz CT molecular complexity index is 987. The smallest absolute Gasteiger partial charge is 0.417 e. The molecule has 4 rings (SSSR count). The van der Waals surface area contributed by atoms with E-state index < -0.39 is 35.6 Å². The Labute approximate surface area is 182 Å². The summed E-state index contributed by atoms with van der Waals surface area (Å²) in [5.41, 5.74) is -1.23. The lowest BCUT2D eigenvalue weighted by Crippen LogP contribution is -2.54.